The van der Waals surface area contributed by atoms with Crippen molar-refractivity contribution in [2.75, 3.05) is 0 Å². The van der Waals surface area contributed by atoms with Crippen LogP contribution in [0.15, 0.2) is 35.0 Å². The number of carboxylic acids is 1. The Kier molecular flexibility index (Phi) is 4.19. The highest BCUT2D eigenvalue weighted by atomic mass is 16.5. The minimum atomic E-state index is -1.14. The van der Waals surface area contributed by atoms with Crippen molar-refractivity contribution in [2.24, 2.45) is 0 Å². The van der Waals surface area contributed by atoms with Gasteiger partial charge in [0.2, 0.25) is 5.88 Å². The Morgan fingerprint density at radius 1 is 1.21 bits per heavy atom. The van der Waals surface area contributed by atoms with Crippen molar-refractivity contribution in [2.45, 2.75) is 20.5 Å². The second-order valence-corrected chi connectivity index (χ2v) is 5.10. The number of hydrogen-bond acceptors (Lipinski definition) is 7. The normalized spacial score (nSPS) is 10.6. The van der Waals surface area contributed by atoms with E-state index in [0.717, 1.165) is 16.8 Å². The summed E-state index contributed by atoms with van der Waals surface area (Å²) in [6.07, 6.45) is 1.72. The zero-order valence-electron chi connectivity index (χ0n) is 13.1. The van der Waals surface area contributed by atoms with Crippen LogP contribution in [0.5, 0.6) is 5.88 Å². The van der Waals surface area contributed by atoms with Gasteiger partial charge >= 0.3 is 5.97 Å². The first-order valence-corrected chi connectivity index (χ1v) is 7.12. The average Bonchev–Trinajstić information content (AvgIpc) is 2.95. The van der Waals surface area contributed by atoms with E-state index in [1.165, 1.54) is 12.1 Å². The molecule has 3 aromatic heterocycles. The van der Waals surface area contributed by atoms with Gasteiger partial charge in [0.1, 0.15) is 18.1 Å². The second-order valence-electron chi connectivity index (χ2n) is 5.10. The van der Waals surface area contributed by atoms with Gasteiger partial charge in [-0.2, -0.15) is 0 Å². The molecule has 8 nitrogen and oxygen atoms in total. The second kappa shape index (κ2) is 6.45. The third-order valence-electron chi connectivity index (χ3n) is 3.39. The molecule has 0 saturated heterocycles. The predicted octanol–water partition coefficient (Wildman–Crippen LogP) is 2.42. The SMILES string of the molecule is Cc1ccc(-c2noc(C)c2COc2ccc(C(=O)O)nn2)cn1. The molecule has 0 unspecified atom stereocenters. The Morgan fingerprint density at radius 3 is 2.67 bits per heavy atom. The highest BCUT2D eigenvalue weighted by Crippen LogP contribution is 2.25. The quantitative estimate of drug-likeness (QED) is 0.761. The van der Waals surface area contributed by atoms with Crippen molar-refractivity contribution < 1.29 is 19.2 Å². The van der Waals surface area contributed by atoms with Gasteiger partial charge in [0.15, 0.2) is 5.69 Å². The molecular formula is C16H14N4O4. The first kappa shape index (κ1) is 15.6. The summed E-state index contributed by atoms with van der Waals surface area (Å²) in [7, 11) is 0. The van der Waals surface area contributed by atoms with E-state index in [2.05, 4.69) is 20.3 Å². The number of ether oxygens (including phenoxy) is 1. The molecule has 0 radical (unpaired) electrons. The fraction of sp³-hybridized carbons (Fsp3) is 0.188. The molecule has 24 heavy (non-hydrogen) atoms. The maximum absolute atomic E-state index is 10.8. The fourth-order valence-electron chi connectivity index (χ4n) is 2.05. The van der Waals surface area contributed by atoms with Crippen LogP contribution in [0, 0.1) is 13.8 Å². The van der Waals surface area contributed by atoms with Crippen LogP contribution >= 0.6 is 0 Å². The lowest BCUT2D eigenvalue weighted by molar-refractivity contribution is 0.0689. The molecule has 0 aromatic carbocycles. The molecule has 0 fully saturated rings. The van der Waals surface area contributed by atoms with E-state index in [4.69, 9.17) is 14.4 Å². The third kappa shape index (κ3) is 3.22. The first-order valence-electron chi connectivity index (χ1n) is 7.12. The molecule has 1 N–H and O–H groups in total. The highest BCUT2D eigenvalue weighted by molar-refractivity contribution is 5.84. The number of aromatic carboxylic acids is 1. The standard InChI is InChI=1S/C16H14N4O4/c1-9-3-4-11(7-17-9)15-12(10(2)24-20-15)8-23-14-6-5-13(16(21)22)18-19-14/h3-7H,8H2,1-2H3,(H,21,22). The molecule has 3 heterocycles. The van der Waals surface area contributed by atoms with Crippen LogP contribution in [0.3, 0.4) is 0 Å². The van der Waals surface area contributed by atoms with Gasteiger partial charge in [0, 0.05) is 23.5 Å². The minimum Gasteiger partial charge on any atom is -0.476 e. The Morgan fingerprint density at radius 2 is 2.04 bits per heavy atom. The Hall–Kier alpha value is -3.29. The summed E-state index contributed by atoms with van der Waals surface area (Å²) in [5.74, 6) is -0.299. The van der Waals surface area contributed by atoms with Crippen molar-refractivity contribution in [1.29, 1.82) is 0 Å². The van der Waals surface area contributed by atoms with Crippen LogP contribution in [0.25, 0.3) is 11.3 Å². The monoisotopic (exact) mass is 326 g/mol. The van der Waals surface area contributed by atoms with Crippen LogP contribution in [0.2, 0.25) is 0 Å². The van der Waals surface area contributed by atoms with Crippen molar-refractivity contribution in [3.05, 3.63) is 53.2 Å². The molecule has 0 bridgehead atoms. The highest BCUT2D eigenvalue weighted by Gasteiger charge is 2.16. The fourth-order valence-corrected chi connectivity index (χ4v) is 2.05. The Labute approximate surface area is 137 Å². The summed E-state index contributed by atoms with van der Waals surface area (Å²) in [6, 6.07) is 6.58. The maximum Gasteiger partial charge on any atom is 0.356 e. The summed E-state index contributed by atoms with van der Waals surface area (Å²) >= 11 is 0. The molecule has 0 spiro atoms. The lowest BCUT2D eigenvalue weighted by atomic mass is 10.1. The maximum atomic E-state index is 10.8. The topological polar surface area (TPSA) is 111 Å². The number of carbonyl (C=O) groups is 1. The summed E-state index contributed by atoms with van der Waals surface area (Å²) < 4.78 is 10.8. The molecular weight excluding hydrogens is 312 g/mol. The van der Waals surface area contributed by atoms with Crippen molar-refractivity contribution in [3.8, 4) is 17.1 Å². The van der Waals surface area contributed by atoms with Gasteiger partial charge < -0.3 is 14.4 Å². The molecule has 0 aliphatic heterocycles. The number of aryl methyl sites for hydroxylation is 2. The van der Waals surface area contributed by atoms with Gasteiger partial charge in [0.25, 0.3) is 0 Å². The molecule has 122 valence electrons. The van der Waals surface area contributed by atoms with Gasteiger partial charge in [-0.15, -0.1) is 10.2 Å². The molecule has 3 rings (SSSR count). The summed E-state index contributed by atoms with van der Waals surface area (Å²) in [6.45, 7) is 3.86. The van der Waals surface area contributed by atoms with Gasteiger partial charge in [-0.25, -0.2) is 4.79 Å². The van der Waals surface area contributed by atoms with E-state index in [1.54, 1.807) is 13.1 Å². The van der Waals surface area contributed by atoms with Gasteiger partial charge in [-0.1, -0.05) is 5.16 Å². The molecule has 8 heteroatoms. The lowest BCUT2D eigenvalue weighted by Gasteiger charge is -2.05. The number of rotatable bonds is 5. The molecule has 0 aliphatic rings. The van der Waals surface area contributed by atoms with Gasteiger partial charge in [0.05, 0.1) is 5.56 Å². The van der Waals surface area contributed by atoms with Gasteiger partial charge in [-0.05, 0) is 32.0 Å². The lowest BCUT2D eigenvalue weighted by Crippen LogP contribution is -2.04. The molecule has 0 atom stereocenters. The number of nitrogens with zero attached hydrogens (tertiary/aromatic N) is 4. The zero-order valence-corrected chi connectivity index (χ0v) is 13.1. The average molecular weight is 326 g/mol. The number of pyridine rings is 1. The minimum absolute atomic E-state index is 0.144. The van der Waals surface area contributed by atoms with Crippen LogP contribution in [-0.2, 0) is 6.61 Å². The van der Waals surface area contributed by atoms with Gasteiger partial charge in [-0.3, -0.25) is 4.98 Å². The van der Waals surface area contributed by atoms with E-state index >= 15 is 0 Å². The van der Waals surface area contributed by atoms with Crippen LogP contribution in [0.4, 0.5) is 0 Å². The van der Waals surface area contributed by atoms with E-state index in [-0.39, 0.29) is 18.2 Å². The summed E-state index contributed by atoms with van der Waals surface area (Å²) in [4.78, 5) is 15.0. The van der Waals surface area contributed by atoms with Crippen molar-refractivity contribution in [3.63, 3.8) is 0 Å². The van der Waals surface area contributed by atoms with Crippen molar-refractivity contribution in [1.82, 2.24) is 20.3 Å². The van der Waals surface area contributed by atoms with Crippen LogP contribution in [0.1, 0.15) is 27.5 Å². The molecule has 3 aromatic rings. The summed E-state index contributed by atoms with van der Waals surface area (Å²) in [5.41, 5.74) is 3.00. The summed E-state index contributed by atoms with van der Waals surface area (Å²) in [5, 5.41) is 20.2. The van der Waals surface area contributed by atoms with E-state index in [9.17, 15) is 4.79 Å². The number of hydrogen-bond donors (Lipinski definition) is 1. The zero-order chi connectivity index (χ0) is 17.1. The largest absolute Gasteiger partial charge is 0.476 e. The van der Waals surface area contributed by atoms with E-state index in [1.807, 2.05) is 19.1 Å². The van der Waals surface area contributed by atoms with E-state index < -0.39 is 5.97 Å². The molecule has 0 saturated carbocycles. The molecule has 0 aliphatic carbocycles. The Balaban J connectivity index is 1.79. The van der Waals surface area contributed by atoms with Crippen LogP contribution < -0.4 is 4.74 Å². The Bertz CT molecular complexity index is 857. The van der Waals surface area contributed by atoms with E-state index in [0.29, 0.717) is 11.5 Å². The number of carboxylic acid groups (broad SMARTS) is 1. The third-order valence-corrected chi connectivity index (χ3v) is 3.39. The van der Waals surface area contributed by atoms with Crippen molar-refractivity contribution >= 4 is 5.97 Å². The molecule has 0 amide bonds. The number of aromatic nitrogens is 4. The van der Waals surface area contributed by atoms with Crippen LogP contribution in [-0.4, -0.2) is 31.4 Å². The first-order chi connectivity index (χ1) is 11.5. The smallest absolute Gasteiger partial charge is 0.356 e. The predicted molar refractivity (Wildman–Crippen MR) is 82.5 cm³/mol.